The Bertz CT molecular complexity index is 531. The molecule has 2 rings (SSSR count). The molecule has 3 nitrogen and oxygen atoms in total. The van der Waals surface area contributed by atoms with E-state index in [0.29, 0.717) is 6.42 Å². The lowest BCUT2D eigenvalue weighted by Gasteiger charge is -2.08. The van der Waals surface area contributed by atoms with E-state index < -0.39 is 3.79 Å². The van der Waals surface area contributed by atoms with Gasteiger partial charge in [0.05, 0.1) is 5.21 Å². The molecule has 18 heavy (non-hydrogen) atoms. The second-order valence-corrected chi connectivity index (χ2v) is 6.81. The first-order valence-electron chi connectivity index (χ1n) is 5.86. The molecule has 0 bridgehead atoms. The number of aromatic nitrogens is 3. The van der Waals surface area contributed by atoms with Crippen molar-refractivity contribution in [3.05, 3.63) is 24.3 Å². The van der Waals surface area contributed by atoms with Crippen LogP contribution in [0.15, 0.2) is 24.3 Å². The zero-order chi connectivity index (χ0) is 13.2. The number of benzene rings is 1. The molecule has 2 aromatic rings. The van der Waals surface area contributed by atoms with Crippen molar-refractivity contribution in [2.45, 2.75) is 29.6 Å². The Morgan fingerprint density at radius 2 is 1.94 bits per heavy atom. The number of rotatable bonds is 4. The van der Waals surface area contributed by atoms with Crippen LogP contribution in [0.3, 0.4) is 0 Å². The van der Waals surface area contributed by atoms with Crippen molar-refractivity contribution in [3.63, 3.8) is 0 Å². The molecule has 98 valence electrons. The van der Waals surface area contributed by atoms with E-state index >= 15 is 0 Å². The van der Waals surface area contributed by atoms with Crippen molar-refractivity contribution < 1.29 is 4.68 Å². The quantitative estimate of drug-likeness (QED) is 0.482. The lowest BCUT2D eigenvalue weighted by molar-refractivity contribution is -0.709. The summed E-state index contributed by atoms with van der Waals surface area (Å²) in [5.74, 6) is 0. The molecular formula is C12H15Cl3N3+. The molecule has 1 aromatic carbocycles. The minimum atomic E-state index is -1.14. The summed E-state index contributed by atoms with van der Waals surface area (Å²) in [6.07, 6.45) is 2.39. The summed E-state index contributed by atoms with van der Waals surface area (Å²) in [5.41, 5.74) is 2.26. The highest BCUT2D eigenvalue weighted by Gasteiger charge is 2.19. The fourth-order valence-electron chi connectivity index (χ4n) is 1.97. The first kappa shape index (κ1) is 13.9. The number of aryl methyl sites for hydroxylation is 2. The van der Waals surface area contributed by atoms with E-state index in [-0.39, 0.29) is 0 Å². The van der Waals surface area contributed by atoms with E-state index in [4.69, 9.17) is 34.8 Å². The zero-order valence-corrected chi connectivity index (χ0v) is 12.4. The zero-order valence-electron chi connectivity index (χ0n) is 10.1. The first-order chi connectivity index (χ1) is 8.47. The monoisotopic (exact) mass is 306 g/mol. The molecule has 0 atom stereocenters. The Labute approximate surface area is 121 Å². The van der Waals surface area contributed by atoms with E-state index in [0.717, 1.165) is 30.4 Å². The predicted octanol–water partition coefficient (Wildman–Crippen LogP) is 3.40. The van der Waals surface area contributed by atoms with E-state index in [2.05, 4.69) is 17.3 Å². The number of alkyl halides is 3. The molecule has 1 aromatic heterocycles. The van der Waals surface area contributed by atoms with E-state index in [9.17, 15) is 0 Å². The molecule has 0 unspecified atom stereocenters. The molecule has 0 aliphatic carbocycles. The number of hydrogen-bond donors (Lipinski definition) is 0. The van der Waals surface area contributed by atoms with Crippen LogP contribution in [0.5, 0.6) is 0 Å². The van der Waals surface area contributed by atoms with Gasteiger partial charge in [0, 0.05) is 0 Å². The van der Waals surface area contributed by atoms with Crippen LogP contribution in [0.4, 0.5) is 0 Å². The Morgan fingerprint density at radius 1 is 1.22 bits per heavy atom. The lowest BCUT2D eigenvalue weighted by atomic mass is 10.2. The van der Waals surface area contributed by atoms with Gasteiger partial charge in [0.25, 0.3) is 0 Å². The molecule has 0 saturated carbocycles. The van der Waals surface area contributed by atoms with Crippen LogP contribution in [-0.2, 0) is 13.6 Å². The molecule has 0 N–H and O–H groups in total. The van der Waals surface area contributed by atoms with E-state index in [1.165, 1.54) is 0 Å². The van der Waals surface area contributed by atoms with Gasteiger partial charge in [-0.3, -0.25) is 0 Å². The third-order valence-electron chi connectivity index (χ3n) is 2.83. The average Bonchev–Trinajstić information content (AvgIpc) is 2.62. The smallest absolute Gasteiger partial charge is 0.132 e. The van der Waals surface area contributed by atoms with Crippen molar-refractivity contribution in [2.24, 2.45) is 7.05 Å². The Balaban J connectivity index is 2.00. The maximum atomic E-state index is 5.72. The second kappa shape index (κ2) is 5.64. The van der Waals surface area contributed by atoms with Crippen LogP contribution in [0.2, 0.25) is 0 Å². The third kappa shape index (κ3) is 3.50. The SMILES string of the molecule is C[n+]1nn(CCCCC(Cl)(Cl)Cl)c2ccccc21. The van der Waals surface area contributed by atoms with Gasteiger partial charge in [0.1, 0.15) is 13.6 Å². The molecule has 0 spiro atoms. The average molecular weight is 308 g/mol. The minimum Gasteiger partial charge on any atom is -0.132 e. The Kier molecular flexibility index (Phi) is 4.36. The summed E-state index contributed by atoms with van der Waals surface area (Å²) in [7, 11) is 1.94. The van der Waals surface area contributed by atoms with Crippen molar-refractivity contribution in [1.29, 1.82) is 0 Å². The number of fused-ring (bicyclic) bond motifs is 1. The molecule has 0 saturated heterocycles. The second-order valence-electron chi connectivity index (χ2n) is 4.30. The largest absolute Gasteiger partial charge is 0.198 e. The molecule has 6 heteroatoms. The van der Waals surface area contributed by atoms with Crippen LogP contribution < -0.4 is 4.68 Å². The maximum absolute atomic E-state index is 5.72. The van der Waals surface area contributed by atoms with E-state index in [1.807, 2.05) is 28.5 Å². The van der Waals surface area contributed by atoms with Crippen molar-refractivity contribution in [2.75, 3.05) is 0 Å². The number of halogens is 3. The highest BCUT2D eigenvalue weighted by Crippen LogP contribution is 2.31. The molecule has 0 aliphatic rings. The lowest BCUT2D eigenvalue weighted by Crippen LogP contribution is -2.31. The van der Waals surface area contributed by atoms with Gasteiger partial charge in [-0.15, -0.1) is 9.36 Å². The molecular weight excluding hydrogens is 293 g/mol. The topological polar surface area (TPSA) is 21.7 Å². The van der Waals surface area contributed by atoms with Gasteiger partial charge in [0.15, 0.2) is 14.8 Å². The highest BCUT2D eigenvalue weighted by atomic mass is 35.6. The van der Waals surface area contributed by atoms with Gasteiger partial charge in [-0.1, -0.05) is 46.9 Å². The fourth-order valence-corrected chi connectivity index (χ4v) is 2.37. The normalized spacial score (nSPS) is 12.2. The standard InChI is InChI=1S/C12H15Cl3N3/c1-17-10-6-2-3-7-11(10)18(16-17)9-5-4-8-12(13,14)15/h2-3,6-7H,4-5,8-9H2,1H3/q+1. The summed E-state index contributed by atoms with van der Waals surface area (Å²) in [5, 5.41) is 4.46. The summed E-state index contributed by atoms with van der Waals surface area (Å²) in [4.78, 5) is 0. The number of para-hydroxylation sites is 2. The third-order valence-corrected chi connectivity index (χ3v) is 3.40. The first-order valence-corrected chi connectivity index (χ1v) is 6.99. The summed E-state index contributed by atoms with van der Waals surface area (Å²) in [6.45, 7) is 0.835. The fraction of sp³-hybridized carbons (Fsp3) is 0.500. The van der Waals surface area contributed by atoms with Gasteiger partial charge in [0.2, 0.25) is 0 Å². The minimum absolute atomic E-state index is 0.572. The van der Waals surface area contributed by atoms with Crippen LogP contribution >= 0.6 is 34.8 Å². The van der Waals surface area contributed by atoms with Crippen LogP contribution in [0, 0.1) is 0 Å². The van der Waals surface area contributed by atoms with Gasteiger partial charge in [-0.2, -0.15) is 0 Å². The number of unbranched alkanes of at least 4 members (excludes halogenated alkanes) is 1. The summed E-state index contributed by atoms with van der Waals surface area (Å²) < 4.78 is 2.73. The van der Waals surface area contributed by atoms with Crippen molar-refractivity contribution in [3.8, 4) is 0 Å². The van der Waals surface area contributed by atoms with E-state index in [1.54, 1.807) is 0 Å². The maximum Gasteiger partial charge on any atom is 0.198 e. The molecule has 0 amide bonds. The van der Waals surface area contributed by atoms with Crippen LogP contribution in [0.1, 0.15) is 19.3 Å². The van der Waals surface area contributed by atoms with Gasteiger partial charge in [-0.05, 0) is 31.4 Å². The Hall–Kier alpha value is -0.510. The van der Waals surface area contributed by atoms with Gasteiger partial charge < -0.3 is 0 Å². The predicted molar refractivity (Wildman–Crippen MR) is 75.1 cm³/mol. The van der Waals surface area contributed by atoms with Crippen molar-refractivity contribution in [1.82, 2.24) is 9.90 Å². The molecule has 0 radical (unpaired) electrons. The molecule has 0 aliphatic heterocycles. The van der Waals surface area contributed by atoms with Gasteiger partial charge in [-0.25, -0.2) is 0 Å². The van der Waals surface area contributed by atoms with Gasteiger partial charge >= 0.3 is 0 Å². The van der Waals surface area contributed by atoms with Crippen LogP contribution in [-0.4, -0.2) is 13.7 Å². The summed E-state index contributed by atoms with van der Waals surface area (Å²) in [6, 6.07) is 8.15. The molecule has 1 heterocycles. The highest BCUT2D eigenvalue weighted by molar-refractivity contribution is 6.67. The molecule has 0 fully saturated rings. The summed E-state index contributed by atoms with van der Waals surface area (Å²) >= 11 is 17.2. The van der Waals surface area contributed by atoms with Crippen molar-refractivity contribution >= 4 is 45.8 Å². The number of nitrogens with zero attached hydrogens (tertiary/aromatic N) is 3. The van der Waals surface area contributed by atoms with Crippen LogP contribution in [0.25, 0.3) is 11.0 Å². The number of hydrogen-bond acceptors (Lipinski definition) is 1. The Morgan fingerprint density at radius 3 is 2.67 bits per heavy atom.